The lowest BCUT2D eigenvalue weighted by Gasteiger charge is -2.31. The molecule has 0 aromatic carbocycles. The van der Waals surface area contributed by atoms with Crippen molar-refractivity contribution in [2.75, 3.05) is 18.0 Å². The topological polar surface area (TPSA) is 60.1 Å². The smallest absolute Gasteiger partial charge is 0.146 e. The van der Waals surface area contributed by atoms with Crippen LogP contribution in [-0.4, -0.2) is 29.3 Å². The highest BCUT2D eigenvalue weighted by Gasteiger charge is 2.21. The van der Waals surface area contributed by atoms with E-state index >= 15 is 0 Å². The molecule has 1 saturated heterocycles. The van der Waals surface area contributed by atoms with E-state index in [1.807, 2.05) is 17.9 Å². The lowest BCUT2D eigenvalue weighted by Crippen LogP contribution is -2.39. The molecule has 0 saturated carbocycles. The number of pyridine rings is 1. The van der Waals surface area contributed by atoms with Crippen molar-refractivity contribution in [2.45, 2.75) is 25.9 Å². The average Bonchev–Trinajstić information content (AvgIpc) is 2.28. The number of hydrogen-bond acceptors (Lipinski definition) is 4. The molecular formula is C12H15N3O. The highest BCUT2D eigenvalue weighted by molar-refractivity contribution is 5.57. The minimum absolute atomic E-state index is 0.303. The number of nitrogens with zero attached hydrogens (tertiary/aromatic N) is 3. The van der Waals surface area contributed by atoms with Gasteiger partial charge < -0.3 is 10.0 Å². The molecule has 1 N–H and O–H groups in total. The number of anilines is 1. The van der Waals surface area contributed by atoms with Crippen molar-refractivity contribution in [1.29, 1.82) is 5.26 Å². The van der Waals surface area contributed by atoms with Crippen molar-refractivity contribution in [3.05, 3.63) is 23.4 Å². The van der Waals surface area contributed by atoms with E-state index in [1.165, 1.54) is 0 Å². The first-order valence-corrected chi connectivity index (χ1v) is 5.51. The van der Waals surface area contributed by atoms with Crippen molar-refractivity contribution < 1.29 is 5.11 Å². The van der Waals surface area contributed by atoms with Gasteiger partial charge in [-0.05, 0) is 31.4 Å². The first-order chi connectivity index (χ1) is 7.72. The second kappa shape index (κ2) is 4.50. The maximum atomic E-state index is 9.62. The standard InChI is InChI=1S/C12H15N3O/c1-9-4-5-14-12(11(9)7-13)15-6-2-3-10(16)8-15/h4-5,10,16H,2-3,6,8H2,1H3. The minimum Gasteiger partial charge on any atom is -0.391 e. The minimum atomic E-state index is -0.303. The fourth-order valence-electron chi connectivity index (χ4n) is 2.07. The Morgan fingerprint density at radius 2 is 2.44 bits per heavy atom. The molecule has 0 spiro atoms. The molecular weight excluding hydrogens is 202 g/mol. The summed E-state index contributed by atoms with van der Waals surface area (Å²) in [7, 11) is 0. The average molecular weight is 217 g/mol. The number of piperidine rings is 1. The van der Waals surface area contributed by atoms with Gasteiger partial charge in [0.15, 0.2) is 0 Å². The van der Waals surface area contributed by atoms with Gasteiger partial charge >= 0.3 is 0 Å². The zero-order chi connectivity index (χ0) is 11.5. The van der Waals surface area contributed by atoms with Crippen LogP contribution in [0.25, 0.3) is 0 Å². The van der Waals surface area contributed by atoms with E-state index in [1.54, 1.807) is 6.20 Å². The quantitative estimate of drug-likeness (QED) is 0.768. The largest absolute Gasteiger partial charge is 0.391 e. The van der Waals surface area contributed by atoms with Gasteiger partial charge in [-0.25, -0.2) is 4.98 Å². The molecule has 16 heavy (non-hydrogen) atoms. The summed E-state index contributed by atoms with van der Waals surface area (Å²) in [5, 5.41) is 18.7. The van der Waals surface area contributed by atoms with Gasteiger partial charge in [0.25, 0.3) is 0 Å². The number of aryl methyl sites for hydroxylation is 1. The Bertz CT molecular complexity index is 425. The van der Waals surface area contributed by atoms with Crippen molar-refractivity contribution in [3.63, 3.8) is 0 Å². The molecule has 1 atom stereocenters. The summed E-state index contributed by atoms with van der Waals surface area (Å²) in [6.45, 7) is 3.34. The number of β-amino-alcohol motifs (C(OH)–C–C–N with tert-alkyl or cyclic N) is 1. The van der Waals surface area contributed by atoms with E-state index in [0.717, 1.165) is 24.9 Å². The Balaban J connectivity index is 2.33. The van der Waals surface area contributed by atoms with Crippen LogP contribution in [0.5, 0.6) is 0 Å². The fraction of sp³-hybridized carbons (Fsp3) is 0.500. The molecule has 84 valence electrons. The van der Waals surface area contributed by atoms with E-state index in [9.17, 15) is 5.11 Å². The monoisotopic (exact) mass is 217 g/mol. The molecule has 1 aliphatic rings. The summed E-state index contributed by atoms with van der Waals surface area (Å²) in [5.74, 6) is 0.709. The number of aliphatic hydroxyl groups is 1. The lowest BCUT2D eigenvalue weighted by molar-refractivity contribution is 0.154. The van der Waals surface area contributed by atoms with Gasteiger partial charge in [0.1, 0.15) is 11.9 Å². The van der Waals surface area contributed by atoms with E-state index in [-0.39, 0.29) is 6.10 Å². The molecule has 2 heterocycles. The normalized spacial score (nSPS) is 20.6. The Hall–Kier alpha value is -1.60. The van der Waals surface area contributed by atoms with Crippen LogP contribution in [0.3, 0.4) is 0 Å². The second-order valence-electron chi connectivity index (χ2n) is 4.18. The summed E-state index contributed by atoms with van der Waals surface area (Å²) < 4.78 is 0. The third kappa shape index (κ3) is 2.00. The molecule has 2 rings (SSSR count). The lowest BCUT2D eigenvalue weighted by atomic mass is 10.1. The van der Waals surface area contributed by atoms with Crippen LogP contribution in [0.1, 0.15) is 24.0 Å². The molecule has 0 amide bonds. The highest BCUT2D eigenvalue weighted by Crippen LogP contribution is 2.23. The van der Waals surface area contributed by atoms with E-state index in [4.69, 9.17) is 5.26 Å². The van der Waals surface area contributed by atoms with Crippen LogP contribution in [-0.2, 0) is 0 Å². The number of nitriles is 1. The number of aliphatic hydroxyl groups excluding tert-OH is 1. The summed E-state index contributed by atoms with van der Waals surface area (Å²) >= 11 is 0. The molecule has 0 radical (unpaired) electrons. The van der Waals surface area contributed by atoms with Crippen molar-refractivity contribution in [2.24, 2.45) is 0 Å². The van der Waals surface area contributed by atoms with Crippen molar-refractivity contribution in [3.8, 4) is 6.07 Å². The van der Waals surface area contributed by atoms with Crippen molar-refractivity contribution in [1.82, 2.24) is 4.98 Å². The molecule has 0 aliphatic carbocycles. The molecule has 0 bridgehead atoms. The van der Waals surface area contributed by atoms with Crippen molar-refractivity contribution >= 4 is 5.82 Å². The first-order valence-electron chi connectivity index (χ1n) is 5.51. The van der Waals surface area contributed by atoms with Crippen LogP contribution in [0, 0.1) is 18.3 Å². The van der Waals surface area contributed by atoms with Crippen LogP contribution >= 0.6 is 0 Å². The zero-order valence-corrected chi connectivity index (χ0v) is 9.35. The summed E-state index contributed by atoms with van der Waals surface area (Å²) in [6.07, 6.45) is 3.20. The Morgan fingerprint density at radius 3 is 3.12 bits per heavy atom. The van der Waals surface area contributed by atoms with Crippen LogP contribution < -0.4 is 4.90 Å². The summed E-state index contributed by atoms with van der Waals surface area (Å²) in [4.78, 5) is 6.26. The maximum absolute atomic E-state index is 9.62. The van der Waals surface area contributed by atoms with Gasteiger partial charge in [-0.3, -0.25) is 0 Å². The van der Waals surface area contributed by atoms with Crippen LogP contribution in [0.2, 0.25) is 0 Å². The van der Waals surface area contributed by atoms with Gasteiger partial charge in [-0.15, -0.1) is 0 Å². The molecule has 1 fully saturated rings. The van der Waals surface area contributed by atoms with Crippen LogP contribution in [0.4, 0.5) is 5.82 Å². The molecule has 1 aromatic heterocycles. The van der Waals surface area contributed by atoms with Gasteiger partial charge in [-0.2, -0.15) is 5.26 Å². The van der Waals surface area contributed by atoms with Gasteiger partial charge in [-0.1, -0.05) is 0 Å². The van der Waals surface area contributed by atoms with E-state index < -0.39 is 0 Å². The zero-order valence-electron chi connectivity index (χ0n) is 9.35. The van der Waals surface area contributed by atoms with E-state index in [2.05, 4.69) is 11.1 Å². The third-order valence-electron chi connectivity index (χ3n) is 2.95. The molecule has 1 aliphatic heterocycles. The SMILES string of the molecule is Cc1ccnc(N2CCCC(O)C2)c1C#N. The molecule has 4 heteroatoms. The Kier molecular flexibility index (Phi) is 3.07. The predicted octanol–water partition coefficient (Wildman–Crippen LogP) is 1.22. The van der Waals surface area contributed by atoms with Gasteiger partial charge in [0.05, 0.1) is 11.7 Å². The number of rotatable bonds is 1. The summed E-state index contributed by atoms with van der Waals surface area (Å²) in [5.41, 5.74) is 1.56. The van der Waals surface area contributed by atoms with E-state index in [0.29, 0.717) is 17.9 Å². The predicted molar refractivity (Wildman–Crippen MR) is 61.1 cm³/mol. The number of hydrogen-bond donors (Lipinski definition) is 1. The summed E-state index contributed by atoms with van der Waals surface area (Å²) in [6, 6.07) is 4.03. The second-order valence-corrected chi connectivity index (χ2v) is 4.18. The molecule has 1 unspecified atom stereocenters. The maximum Gasteiger partial charge on any atom is 0.146 e. The molecule has 4 nitrogen and oxygen atoms in total. The third-order valence-corrected chi connectivity index (χ3v) is 2.95. The van der Waals surface area contributed by atoms with Gasteiger partial charge in [0, 0.05) is 19.3 Å². The fourth-order valence-corrected chi connectivity index (χ4v) is 2.07. The number of aromatic nitrogens is 1. The Morgan fingerprint density at radius 1 is 1.62 bits per heavy atom. The van der Waals surface area contributed by atoms with Crippen LogP contribution in [0.15, 0.2) is 12.3 Å². The molecule has 1 aromatic rings. The Labute approximate surface area is 95.1 Å². The first kappa shape index (κ1) is 10.9. The highest BCUT2D eigenvalue weighted by atomic mass is 16.3. The van der Waals surface area contributed by atoms with Gasteiger partial charge in [0.2, 0.25) is 0 Å².